The van der Waals surface area contributed by atoms with Crippen LogP contribution in [-0.4, -0.2) is 12.9 Å². The summed E-state index contributed by atoms with van der Waals surface area (Å²) in [7, 11) is 1.59. The van der Waals surface area contributed by atoms with Gasteiger partial charge in [0.15, 0.2) is 5.78 Å². The predicted molar refractivity (Wildman–Crippen MR) is 82.0 cm³/mol. The number of aryl methyl sites for hydroxylation is 2. The molecule has 0 saturated heterocycles. The Morgan fingerprint density at radius 3 is 2.50 bits per heavy atom. The molecule has 2 aromatic carbocycles. The number of carbonyl (C=O) groups excluding carboxylic acids is 1. The van der Waals surface area contributed by atoms with Gasteiger partial charge in [0, 0.05) is 22.6 Å². The van der Waals surface area contributed by atoms with Gasteiger partial charge in [0.1, 0.15) is 5.75 Å². The lowest BCUT2D eigenvalue weighted by Gasteiger charge is -2.09. The van der Waals surface area contributed by atoms with Gasteiger partial charge >= 0.3 is 0 Å². The summed E-state index contributed by atoms with van der Waals surface area (Å²) in [6.45, 7) is 4.04. The second-order valence-electron chi connectivity index (χ2n) is 4.86. The third-order valence-corrected chi connectivity index (χ3v) is 3.66. The number of benzene rings is 2. The second-order valence-corrected chi connectivity index (χ2v) is 5.29. The van der Waals surface area contributed by atoms with Gasteiger partial charge in [-0.3, -0.25) is 4.79 Å². The van der Waals surface area contributed by atoms with E-state index >= 15 is 0 Å². The standard InChI is InChI=1S/C17H17ClO2/c1-11-4-5-13(8-12(11)2)16(19)10-14-9-15(18)6-7-17(14)20-3/h4-9H,10H2,1-3H3. The highest BCUT2D eigenvalue weighted by Gasteiger charge is 2.12. The Hall–Kier alpha value is -1.80. The molecule has 0 bridgehead atoms. The molecule has 0 aliphatic heterocycles. The highest BCUT2D eigenvalue weighted by atomic mass is 35.5. The van der Waals surface area contributed by atoms with E-state index in [0.717, 1.165) is 16.7 Å². The Balaban J connectivity index is 2.27. The van der Waals surface area contributed by atoms with Crippen molar-refractivity contribution in [2.45, 2.75) is 20.3 Å². The fraction of sp³-hybridized carbons (Fsp3) is 0.235. The molecule has 0 unspecified atom stereocenters. The van der Waals surface area contributed by atoms with E-state index in [4.69, 9.17) is 16.3 Å². The average molecular weight is 289 g/mol. The van der Waals surface area contributed by atoms with Crippen molar-refractivity contribution in [3.8, 4) is 5.75 Å². The molecule has 20 heavy (non-hydrogen) atoms. The number of ketones is 1. The molecule has 2 aromatic rings. The molecular formula is C17H17ClO2. The molecule has 0 atom stereocenters. The summed E-state index contributed by atoms with van der Waals surface area (Å²) in [4.78, 5) is 12.4. The summed E-state index contributed by atoms with van der Waals surface area (Å²) in [5.41, 5.74) is 3.83. The summed E-state index contributed by atoms with van der Waals surface area (Å²) in [5, 5.41) is 0.605. The van der Waals surface area contributed by atoms with E-state index in [-0.39, 0.29) is 12.2 Å². The van der Waals surface area contributed by atoms with Crippen molar-refractivity contribution in [2.75, 3.05) is 7.11 Å². The van der Waals surface area contributed by atoms with Crippen LogP contribution in [0.25, 0.3) is 0 Å². The van der Waals surface area contributed by atoms with Crippen molar-refractivity contribution < 1.29 is 9.53 Å². The van der Waals surface area contributed by atoms with Gasteiger partial charge < -0.3 is 4.74 Å². The largest absolute Gasteiger partial charge is 0.496 e. The number of methoxy groups -OCH3 is 1. The van der Waals surface area contributed by atoms with E-state index in [2.05, 4.69) is 0 Å². The van der Waals surface area contributed by atoms with Gasteiger partial charge in [0.05, 0.1) is 7.11 Å². The lowest BCUT2D eigenvalue weighted by molar-refractivity contribution is 0.0992. The molecule has 0 aromatic heterocycles. The smallest absolute Gasteiger partial charge is 0.167 e. The van der Waals surface area contributed by atoms with Gasteiger partial charge in [-0.25, -0.2) is 0 Å². The van der Waals surface area contributed by atoms with Crippen molar-refractivity contribution in [3.05, 3.63) is 63.7 Å². The number of hydrogen-bond acceptors (Lipinski definition) is 2. The number of ether oxygens (including phenoxy) is 1. The van der Waals surface area contributed by atoms with E-state index < -0.39 is 0 Å². The zero-order valence-corrected chi connectivity index (χ0v) is 12.6. The van der Waals surface area contributed by atoms with E-state index in [1.807, 2.05) is 32.0 Å². The van der Waals surface area contributed by atoms with Crippen LogP contribution >= 0.6 is 11.6 Å². The molecule has 0 N–H and O–H groups in total. The molecule has 0 saturated carbocycles. The van der Waals surface area contributed by atoms with Crippen LogP contribution in [0.1, 0.15) is 27.0 Å². The van der Waals surface area contributed by atoms with Crippen LogP contribution in [0.5, 0.6) is 5.75 Å². The molecule has 0 fully saturated rings. The number of hydrogen-bond donors (Lipinski definition) is 0. The Morgan fingerprint density at radius 1 is 1.10 bits per heavy atom. The molecule has 2 rings (SSSR count). The maximum absolute atomic E-state index is 12.4. The summed E-state index contributed by atoms with van der Waals surface area (Å²) >= 11 is 5.98. The van der Waals surface area contributed by atoms with Crippen LogP contribution in [0, 0.1) is 13.8 Å². The quantitative estimate of drug-likeness (QED) is 0.780. The fourth-order valence-electron chi connectivity index (χ4n) is 2.08. The topological polar surface area (TPSA) is 26.3 Å². The molecule has 0 radical (unpaired) electrons. The molecule has 0 aliphatic rings. The zero-order valence-electron chi connectivity index (χ0n) is 11.9. The first-order valence-corrected chi connectivity index (χ1v) is 6.82. The van der Waals surface area contributed by atoms with Crippen molar-refractivity contribution in [1.29, 1.82) is 0 Å². The first-order chi connectivity index (χ1) is 9.51. The van der Waals surface area contributed by atoms with Gasteiger partial charge in [0.2, 0.25) is 0 Å². The molecule has 2 nitrogen and oxygen atoms in total. The molecule has 0 aliphatic carbocycles. The van der Waals surface area contributed by atoms with Crippen molar-refractivity contribution >= 4 is 17.4 Å². The third-order valence-electron chi connectivity index (χ3n) is 3.42. The lowest BCUT2D eigenvalue weighted by Crippen LogP contribution is -2.05. The number of carbonyl (C=O) groups is 1. The highest BCUT2D eigenvalue weighted by Crippen LogP contribution is 2.24. The van der Waals surface area contributed by atoms with E-state index in [1.165, 1.54) is 5.56 Å². The van der Waals surface area contributed by atoms with Crippen LogP contribution in [0.2, 0.25) is 5.02 Å². The first-order valence-electron chi connectivity index (χ1n) is 6.44. The van der Waals surface area contributed by atoms with Gasteiger partial charge in [-0.15, -0.1) is 0 Å². The molecular weight excluding hydrogens is 272 g/mol. The Labute approximate surface area is 124 Å². The van der Waals surface area contributed by atoms with Gasteiger partial charge in [-0.2, -0.15) is 0 Å². The summed E-state index contributed by atoms with van der Waals surface area (Å²) in [6.07, 6.45) is 0.284. The second kappa shape index (κ2) is 6.10. The molecule has 0 heterocycles. The maximum atomic E-state index is 12.4. The predicted octanol–water partition coefficient (Wildman–Crippen LogP) is 4.39. The third kappa shape index (κ3) is 3.20. The number of Topliss-reactive ketones (excluding diaryl/α,β-unsaturated/α-hetero) is 1. The zero-order chi connectivity index (χ0) is 14.7. The highest BCUT2D eigenvalue weighted by molar-refractivity contribution is 6.30. The molecule has 0 spiro atoms. The summed E-state index contributed by atoms with van der Waals surface area (Å²) in [6, 6.07) is 11.1. The maximum Gasteiger partial charge on any atom is 0.167 e. The fourth-order valence-corrected chi connectivity index (χ4v) is 2.27. The lowest BCUT2D eigenvalue weighted by atomic mass is 9.99. The minimum atomic E-state index is 0.0636. The normalized spacial score (nSPS) is 10.4. The van der Waals surface area contributed by atoms with Gasteiger partial charge in [0.25, 0.3) is 0 Å². The Morgan fingerprint density at radius 2 is 1.85 bits per heavy atom. The number of halogens is 1. The van der Waals surface area contributed by atoms with Gasteiger partial charge in [-0.05, 0) is 49.2 Å². The average Bonchev–Trinajstić information content (AvgIpc) is 2.42. The van der Waals surface area contributed by atoms with Crippen LogP contribution in [-0.2, 0) is 6.42 Å². The van der Waals surface area contributed by atoms with E-state index in [1.54, 1.807) is 25.3 Å². The first kappa shape index (κ1) is 14.6. The van der Waals surface area contributed by atoms with Crippen molar-refractivity contribution in [2.24, 2.45) is 0 Å². The minimum Gasteiger partial charge on any atom is -0.496 e. The van der Waals surface area contributed by atoms with Crippen LogP contribution in [0.4, 0.5) is 0 Å². The molecule has 3 heteroatoms. The molecule has 0 amide bonds. The number of rotatable bonds is 4. The van der Waals surface area contributed by atoms with Crippen LogP contribution < -0.4 is 4.74 Å². The van der Waals surface area contributed by atoms with Crippen LogP contribution in [0.15, 0.2) is 36.4 Å². The van der Waals surface area contributed by atoms with E-state index in [0.29, 0.717) is 10.8 Å². The summed E-state index contributed by atoms with van der Waals surface area (Å²) in [5.74, 6) is 0.750. The Kier molecular flexibility index (Phi) is 4.46. The minimum absolute atomic E-state index is 0.0636. The molecule has 104 valence electrons. The van der Waals surface area contributed by atoms with E-state index in [9.17, 15) is 4.79 Å². The van der Waals surface area contributed by atoms with Crippen molar-refractivity contribution in [1.82, 2.24) is 0 Å². The Bertz CT molecular complexity index is 647. The summed E-state index contributed by atoms with van der Waals surface area (Å²) < 4.78 is 5.27. The monoisotopic (exact) mass is 288 g/mol. The SMILES string of the molecule is COc1ccc(Cl)cc1CC(=O)c1ccc(C)c(C)c1. The van der Waals surface area contributed by atoms with Crippen molar-refractivity contribution in [3.63, 3.8) is 0 Å². The van der Waals surface area contributed by atoms with Crippen LogP contribution in [0.3, 0.4) is 0 Å². The van der Waals surface area contributed by atoms with Gasteiger partial charge in [-0.1, -0.05) is 23.7 Å².